The molecule has 0 aromatic heterocycles. The van der Waals surface area contributed by atoms with Gasteiger partial charge in [-0.25, -0.2) is 0 Å². The molecule has 20 heavy (non-hydrogen) atoms. The van der Waals surface area contributed by atoms with Gasteiger partial charge in [0.05, 0.1) is 0 Å². The lowest BCUT2D eigenvalue weighted by atomic mass is 10.0. The standard InChI is InChI=1S/C16H24N2O2/c1-11(2)14-8-6-7-9-15(14)18(13(5)19)10-16(20)17-12(3)4/h6-9,11-12H,10H2,1-5H3,(H,17,20). The molecule has 110 valence electrons. The zero-order valence-electron chi connectivity index (χ0n) is 12.9. The van der Waals surface area contributed by atoms with Crippen molar-refractivity contribution in [1.82, 2.24) is 5.32 Å². The number of benzene rings is 1. The van der Waals surface area contributed by atoms with E-state index in [0.717, 1.165) is 11.3 Å². The van der Waals surface area contributed by atoms with E-state index in [1.807, 2.05) is 38.1 Å². The van der Waals surface area contributed by atoms with Gasteiger partial charge in [-0.3, -0.25) is 9.59 Å². The van der Waals surface area contributed by atoms with Gasteiger partial charge < -0.3 is 10.2 Å². The predicted molar refractivity (Wildman–Crippen MR) is 81.8 cm³/mol. The molecule has 0 aliphatic heterocycles. The first-order valence-corrected chi connectivity index (χ1v) is 6.99. The van der Waals surface area contributed by atoms with Gasteiger partial charge >= 0.3 is 0 Å². The fourth-order valence-corrected chi connectivity index (χ4v) is 2.10. The average molecular weight is 276 g/mol. The van der Waals surface area contributed by atoms with Crippen molar-refractivity contribution in [3.05, 3.63) is 29.8 Å². The van der Waals surface area contributed by atoms with Gasteiger partial charge in [0.15, 0.2) is 0 Å². The molecule has 0 aliphatic rings. The van der Waals surface area contributed by atoms with E-state index in [0.29, 0.717) is 5.92 Å². The maximum absolute atomic E-state index is 11.9. The summed E-state index contributed by atoms with van der Waals surface area (Å²) >= 11 is 0. The number of hydrogen-bond donors (Lipinski definition) is 1. The monoisotopic (exact) mass is 276 g/mol. The summed E-state index contributed by atoms with van der Waals surface area (Å²) in [4.78, 5) is 25.3. The van der Waals surface area contributed by atoms with Gasteiger partial charge in [0, 0.05) is 18.7 Å². The second-order valence-electron chi connectivity index (χ2n) is 5.54. The van der Waals surface area contributed by atoms with E-state index in [1.54, 1.807) is 0 Å². The molecule has 1 aromatic rings. The van der Waals surface area contributed by atoms with Crippen molar-refractivity contribution < 1.29 is 9.59 Å². The summed E-state index contributed by atoms with van der Waals surface area (Å²) in [6.07, 6.45) is 0. The zero-order valence-corrected chi connectivity index (χ0v) is 12.9. The Hall–Kier alpha value is -1.84. The summed E-state index contributed by atoms with van der Waals surface area (Å²) in [6, 6.07) is 7.79. The molecule has 0 radical (unpaired) electrons. The first kappa shape index (κ1) is 16.2. The summed E-state index contributed by atoms with van der Waals surface area (Å²) in [6.45, 7) is 9.49. The van der Waals surface area contributed by atoms with Crippen LogP contribution >= 0.6 is 0 Å². The molecule has 4 nitrogen and oxygen atoms in total. The van der Waals surface area contributed by atoms with E-state index < -0.39 is 0 Å². The second kappa shape index (κ2) is 7.08. The minimum Gasteiger partial charge on any atom is -0.352 e. The molecule has 0 fully saturated rings. The summed E-state index contributed by atoms with van der Waals surface area (Å²) in [7, 11) is 0. The largest absolute Gasteiger partial charge is 0.352 e. The molecular formula is C16H24N2O2. The van der Waals surface area contributed by atoms with Gasteiger partial charge in [0.25, 0.3) is 0 Å². The lowest BCUT2D eigenvalue weighted by Gasteiger charge is -2.25. The van der Waals surface area contributed by atoms with Crippen molar-refractivity contribution in [2.75, 3.05) is 11.4 Å². The zero-order chi connectivity index (χ0) is 15.3. The third-order valence-electron chi connectivity index (χ3n) is 2.98. The molecule has 0 heterocycles. The van der Waals surface area contributed by atoms with Crippen molar-refractivity contribution in [2.24, 2.45) is 0 Å². The molecule has 0 spiro atoms. The molecule has 0 bridgehead atoms. The predicted octanol–water partition coefficient (Wildman–Crippen LogP) is 2.69. The van der Waals surface area contributed by atoms with Gasteiger partial charge in [0.2, 0.25) is 11.8 Å². The Labute approximate surface area is 121 Å². The number of para-hydroxylation sites is 1. The van der Waals surface area contributed by atoms with Crippen LogP contribution in [0.1, 0.15) is 46.1 Å². The molecule has 1 aromatic carbocycles. The Morgan fingerprint density at radius 1 is 1.15 bits per heavy atom. The Kier molecular flexibility index (Phi) is 5.74. The van der Waals surface area contributed by atoms with Gasteiger partial charge in [-0.1, -0.05) is 32.0 Å². The highest BCUT2D eigenvalue weighted by molar-refractivity contribution is 5.98. The number of carbonyl (C=O) groups is 2. The topological polar surface area (TPSA) is 49.4 Å². The molecule has 4 heteroatoms. The molecule has 2 amide bonds. The van der Waals surface area contributed by atoms with Crippen LogP contribution in [0.4, 0.5) is 5.69 Å². The number of nitrogens with one attached hydrogen (secondary N) is 1. The van der Waals surface area contributed by atoms with Gasteiger partial charge in [-0.2, -0.15) is 0 Å². The van der Waals surface area contributed by atoms with Crippen molar-refractivity contribution in [3.63, 3.8) is 0 Å². The Morgan fingerprint density at radius 2 is 1.75 bits per heavy atom. The second-order valence-corrected chi connectivity index (χ2v) is 5.54. The first-order valence-electron chi connectivity index (χ1n) is 6.99. The Morgan fingerprint density at radius 3 is 2.25 bits per heavy atom. The first-order chi connectivity index (χ1) is 9.32. The molecular weight excluding hydrogens is 252 g/mol. The number of hydrogen-bond acceptors (Lipinski definition) is 2. The fourth-order valence-electron chi connectivity index (χ4n) is 2.10. The number of amides is 2. The van der Waals surface area contributed by atoms with Crippen molar-refractivity contribution in [2.45, 2.75) is 46.6 Å². The SMILES string of the molecule is CC(=O)N(CC(=O)NC(C)C)c1ccccc1C(C)C. The lowest BCUT2D eigenvalue weighted by Crippen LogP contribution is -2.42. The highest BCUT2D eigenvalue weighted by atomic mass is 16.2. The van der Waals surface area contributed by atoms with Gasteiger partial charge in [-0.05, 0) is 31.4 Å². The minimum absolute atomic E-state index is 0.0528. The van der Waals surface area contributed by atoms with Crippen LogP contribution in [0.3, 0.4) is 0 Å². The number of anilines is 1. The molecule has 0 atom stereocenters. The quantitative estimate of drug-likeness (QED) is 0.899. The number of carbonyl (C=O) groups excluding carboxylic acids is 2. The highest BCUT2D eigenvalue weighted by Gasteiger charge is 2.19. The molecule has 1 rings (SSSR count). The third-order valence-corrected chi connectivity index (χ3v) is 2.98. The van der Waals surface area contributed by atoms with Crippen LogP contribution in [0, 0.1) is 0 Å². The van der Waals surface area contributed by atoms with Crippen LogP contribution in [0.25, 0.3) is 0 Å². The molecule has 1 N–H and O–H groups in total. The highest BCUT2D eigenvalue weighted by Crippen LogP contribution is 2.27. The average Bonchev–Trinajstić information content (AvgIpc) is 2.34. The van der Waals surface area contributed by atoms with E-state index in [1.165, 1.54) is 11.8 Å². The van der Waals surface area contributed by atoms with Crippen LogP contribution in [-0.2, 0) is 9.59 Å². The van der Waals surface area contributed by atoms with Crippen molar-refractivity contribution >= 4 is 17.5 Å². The van der Waals surface area contributed by atoms with Crippen LogP contribution in [0.5, 0.6) is 0 Å². The minimum atomic E-state index is -0.145. The molecule has 0 saturated heterocycles. The Balaban J connectivity index is 3.03. The van der Waals surface area contributed by atoms with E-state index in [4.69, 9.17) is 0 Å². The van der Waals surface area contributed by atoms with Crippen LogP contribution in [0.2, 0.25) is 0 Å². The number of nitrogens with zero attached hydrogens (tertiary/aromatic N) is 1. The maximum Gasteiger partial charge on any atom is 0.240 e. The maximum atomic E-state index is 11.9. The molecule has 0 saturated carbocycles. The van der Waals surface area contributed by atoms with Crippen molar-refractivity contribution in [1.29, 1.82) is 0 Å². The third kappa shape index (κ3) is 4.37. The van der Waals surface area contributed by atoms with Gasteiger partial charge in [0.1, 0.15) is 6.54 Å². The van der Waals surface area contributed by atoms with Crippen molar-refractivity contribution in [3.8, 4) is 0 Å². The van der Waals surface area contributed by atoms with E-state index in [9.17, 15) is 9.59 Å². The van der Waals surface area contributed by atoms with Crippen LogP contribution in [0.15, 0.2) is 24.3 Å². The molecule has 0 unspecified atom stereocenters. The fraction of sp³-hybridized carbons (Fsp3) is 0.500. The number of rotatable bonds is 5. The smallest absolute Gasteiger partial charge is 0.240 e. The van der Waals surface area contributed by atoms with Crippen LogP contribution in [-0.4, -0.2) is 24.4 Å². The normalized spacial score (nSPS) is 10.8. The Bertz CT molecular complexity index is 481. The summed E-state index contributed by atoms with van der Waals surface area (Å²) in [5, 5.41) is 2.81. The lowest BCUT2D eigenvalue weighted by molar-refractivity contribution is -0.123. The summed E-state index contributed by atoms with van der Waals surface area (Å²) in [5.41, 5.74) is 1.88. The van der Waals surface area contributed by atoms with E-state index >= 15 is 0 Å². The summed E-state index contributed by atoms with van der Waals surface area (Å²) < 4.78 is 0. The van der Waals surface area contributed by atoms with E-state index in [2.05, 4.69) is 19.2 Å². The van der Waals surface area contributed by atoms with E-state index in [-0.39, 0.29) is 24.4 Å². The van der Waals surface area contributed by atoms with Crippen LogP contribution < -0.4 is 10.2 Å². The summed E-state index contributed by atoms with van der Waals surface area (Å²) in [5.74, 6) is 0.0203. The van der Waals surface area contributed by atoms with Gasteiger partial charge in [-0.15, -0.1) is 0 Å². The molecule has 0 aliphatic carbocycles.